The number of anilines is 1. The predicted molar refractivity (Wildman–Crippen MR) is 103 cm³/mol. The monoisotopic (exact) mass is 359 g/mol. The van der Waals surface area contributed by atoms with Crippen LogP contribution >= 0.6 is 0 Å². The van der Waals surface area contributed by atoms with Gasteiger partial charge in [0.25, 0.3) is 5.91 Å². The van der Waals surface area contributed by atoms with Crippen molar-refractivity contribution >= 4 is 11.7 Å². The first-order valence-electron chi connectivity index (χ1n) is 9.11. The van der Waals surface area contributed by atoms with Crippen molar-refractivity contribution in [1.29, 1.82) is 0 Å². The number of amides is 1. The maximum Gasteiger partial charge on any atom is 0.256 e. The van der Waals surface area contributed by atoms with Crippen molar-refractivity contribution in [2.75, 3.05) is 19.0 Å². The largest absolute Gasteiger partial charge is 0.493 e. The summed E-state index contributed by atoms with van der Waals surface area (Å²) < 4.78 is 13.0. The summed E-state index contributed by atoms with van der Waals surface area (Å²) in [6, 6.07) is 7.23. The Labute approximate surface area is 155 Å². The van der Waals surface area contributed by atoms with E-state index in [0.717, 1.165) is 12.8 Å². The summed E-state index contributed by atoms with van der Waals surface area (Å²) in [7, 11) is 1.57. The molecule has 0 aliphatic heterocycles. The van der Waals surface area contributed by atoms with Crippen LogP contribution in [-0.2, 0) is 0 Å². The van der Waals surface area contributed by atoms with E-state index in [-0.39, 0.29) is 11.9 Å². The molecule has 0 bridgehead atoms. The van der Waals surface area contributed by atoms with Gasteiger partial charge in [-0.05, 0) is 43.9 Å². The molecule has 142 valence electrons. The summed E-state index contributed by atoms with van der Waals surface area (Å²) in [6.07, 6.45) is 3.58. The van der Waals surface area contributed by atoms with Crippen LogP contribution in [0.15, 0.2) is 30.5 Å². The SMILES string of the molecule is CCC(C)n1nccc1NC(=O)c1ccc(OCCC(C)C)c(OC)c1. The molecule has 1 unspecified atom stereocenters. The second-order valence-electron chi connectivity index (χ2n) is 6.77. The minimum Gasteiger partial charge on any atom is -0.493 e. The number of carbonyl (C=O) groups excluding carboxylic acids is 1. The zero-order valence-corrected chi connectivity index (χ0v) is 16.3. The van der Waals surface area contributed by atoms with Crippen molar-refractivity contribution in [2.45, 2.75) is 46.6 Å². The Morgan fingerprint density at radius 1 is 1.23 bits per heavy atom. The number of ether oxygens (including phenoxy) is 2. The second-order valence-corrected chi connectivity index (χ2v) is 6.77. The molecular weight excluding hydrogens is 330 g/mol. The highest BCUT2D eigenvalue weighted by molar-refractivity contribution is 6.04. The van der Waals surface area contributed by atoms with Crippen LogP contribution in [0.4, 0.5) is 5.82 Å². The fourth-order valence-electron chi connectivity index (χ4n) is 2.46. The molecular formula is C20H29N3O3. The van der Waals surface area contributed by atoms with Gasteiger partial charge in [-0.25, -0.2) is 4.68 Å². The molecule has 1 aromatic carbocycles. The molecule has 2 rings (SSSR count). The van der Waals surface area contributed by atoms with Crippen LogP contribution in [0.3, 0.4) is 0 Å². The van der Waals surface area contributed by atoms with Crippen molar-refractivity contribution < 1.29 is 14.3 Å². The molecule has 1 aromatic heterocycles. The van der Waals surface area contributed by atoms with E-state index < -0.39 is 0 Å². The molecule has 0 fully saturated rings. The van der Waals surface area contributed by atoms with Gasteiger partial charge in [-0.3, -0.25) is 4.79 Å². The van der Waals surface area contributed by atoms with Crippen LogP contribution < -0.4 is 14.8 Å². The van der Waals surface area contributed by atoms with Gasteiger partial charge in [-0.1, -0.05) is 20.8 Å². The number of hydrogen-bond donors (Lipinski definition) is 1. The van der Waals surface area contributed by atoms with E-state index in [0.29, 0.717) is 35.4 Å². The quantitative estimate of drug-likeness (QED) is 0.714. The lowest BCUT2D eigenvalue weighted by Gasteiger charge is -2.15. The van der Waals surface area contributed by atoms with Crippen molar-refractivity contribution in [3.05, 3.63) is 36.0 Å². The van der Waals surface area contributed by atoms with Gasteiger partial charge in [0.1, 0.15) is 5.82 Å². The van der Waals surface area contributed by atoms with Gasteiger partial charge >= 0.3 is 0 Å². The Balaban J connectivity index is 2.11. The smallest absolute Gasteiger partial charge is 0.256 e. The van der Waals surface area contributed by atoms with Crippen LogP contribution in [-0.4, -0.2) is 29.4 Å². The lowest BCUT2D eigenvalue weighted by molar-refractivity contribution is 0.102. The molecule has 0 aliphatic rings. The second kappa shape index (κ2) is 9.27. The van der Waals surface area contributed by atoms with Crippen LogP contribution in [0, 0.1) is 5.92 Å². The third kappa shape index (κ3) is 5.00. The highest BCUT2D eigenvalue weighted by Crippen LogP contribution is 2.29. The highest BCUT2D eigenvalue weighted by atomic mass is 16.5. The summed E-state index contributed by atoms with van der Waals surface area (Å²) in [5.74, 6) is 2.25. The van der Waals surface area contributed by atoms with Crippen molar-refractivity contribution in [1.82, 2.24) is 9.78 Å². The standard InChI is InChI=1S/C20H29N3O3/c1-6-15(4)23-19(9-11-21-23)22-20(24)16-7-8-17(18(13-16)25-5)26-12-10-14(2)3/h7-9,11,13-15H,6,10,12H2,1-5H3,(H,22,24). The lowest BCUT2D eigenvalue weighted by atomic mass is 10.1. The van der Waals surface area contributed by atoms with E-state index in [1.54, 1.807) is 37.6 Å². The number of benzene rings is 1. The number of methoxy groups -OCH3 is 1. The molecule has 0 radical (unpaired) electrons. The maximum atomic E-state index is 12.6. The molecule has 0 aliphatic carbocycles. The van der Waals surface area contributed by atoms with E-state index in [4.69, 9.17) is 9.47 Å². The molecule has 1 heterocycles. The fourth-order valence-corrected chi connectivity index (χ4v) is 2.46. The normalized spacial score (nSPS) is 12.1. The predicted octanol–water partition coefficient (Wildman–Crippen LogP) is 4.54. The summed E-state index contributed by atoms with van der Waals surface area (Å²) in [5, 5.41) is 7.20. The molecule has 1 amide bonds. The first-order chi connectivity index (χ1) is 12.5. The first kappa shape index (κ1) is 19.8. The Bertz CT molecular complexity index is 725. The number of hydrogen-bond acceptors (Lipinski definition) is 4. The highest BCUT2D eigenvalue weighted by Gasteiger charge is 2.15. The molecule has 0 saturated carbocycles. The van der Waals surface area contributed by atoms with Crippen LogP contribution in [0.25, 0.3) is 0 Å². The minimum absolute atomic E-state index is 0.206. The number of rotatable bonds is 9. The van der Waals surface area contributed by atoms with Crippen molar-refractivity contribution in [2.24, 2.45) is 5.92 Å². The van der Waals surface area contributed by atoms with E-state index in [1.807, 2.05) is 4.68 Å². The number of aromatic nitrogens is 2. The van der Waals surface area contributed by atoms with Crippen LogP contribution in [0.5, 0.6) is 11.5 Å². The topological polar surface area (TPSA) is 65.4 Å². The van der Waals surface area contributed by atoms with Gasteiger partial charge in [-0.15, -0.1) is 0 Å². The Morgan fingerprint density at radius 3 is 2.65 bits per heavy atom. The number of nitrogens with one attached hydrogen (secondary N) is 1. The average molecular weight is 359 g/mol. The first-order valence-corrected chi connectivity index (χ1v) is 9.11. The third-order valence-electron chi connectivity index (χ3n) is 4.30. The molecule has 6 heteroatoms. The summed E-state index contributed by atoms with van der Waals surface area (Å²) in [4.78, 5) is 12.6. The van der Waals surface area contributed by atoms with Crippen molar-refractivity contribution in [3.63, 3.8) is 0 Å². The van der Waals surface area contributed by atoms with E-state index in [9.17, 15) is 4.79 Å². The number of carbonyl (C=O) groups is 1. The fraction of sp³-hybridized carbons (Fsp3) is 0.500. The van der Waals surface area contributed by atoms with E-state index in [2.05, 4.69) is 38.1 Å². The molecule has 1 N–H and O–H groups in total. The van der Waals surface area contributed by atoms with Crippen molar-refractivity contribution in [3.8, 4) is 11.5 Å². The molecule has 6 nitrogen and oxygen atoms in total. The zero-order chi connectivity index (χ0) is 19.1. The molecule has 0 spiro atoms. The Hall–Kier alpha value is -2.50. The average Bonchev–Trinajstić information content (AvgIpc) is 3.08. The number of nitrogens with zero attached hydrogens (tertiary/aromatic N) is 2. The lowest BCUT2D eigenvalue weighted by Crippen LogP contribution is -2.17. The Morgan fingerprint density at radius 2 is 2.00 bits per heavy atom. The summed E-state index contributed by atoms with van der Waals surface area (Å²) in [5.41, 5.74) is 0.509. The van der Waals surface area contributed by atoms with Gasteiger partial charge in [0, 0.05) is 11.6 Å². The van der Waals surface area contributed by atoms with E-state index in [1.165, 1.54) is 0 Å². The van der Waals surface area contributed by atoms with E-state index >= 15 is 0 Å². The van der Waals surface area contributed by atoms with Crippen LogP contribution in [0.1, 0.15) is 56.9 Å². The van der Waals surface area contributed by atoms with Gasteiger partial charge in [0.05, 0.1) is 26.0 Å². The third-order valence-corrected chi connectivity index (χ3v) is 4.30. The zero-order valence-electron chi connectivity index (χ0n) is 16.3. The molecule has 1 atom stereocenters. The van der Waals surface area contributed by atoms with Gasteiger partial charge in [0.2, 0.25) is 0 Å². The molecule has 26 heavy (non-hydrogen) atoms. The van der Waals surface area contributed by atoms with Gasteiger partial charge in [-0.2, -0.15) is 5.10 Å². The molecule has 2 aromatic rings. The minimum atomic E-state index is -0.206. The summed E-state index contributed by atoms with van der Waals surface area (Å²) >= 11 is 0. The maximum absolute atomic E-state index is 12.6. The van der Waals surface area contributed by atoms with Crippen LogP contribution in [0.2, 0.25) is 0 Å². The van der Waals surface area contributed by atoms with Gasteiger partial charge < -0.3 is 14.8 Å². The summed E-state index contributed by atoms with van der Waals surface area (Å²) in [6.45, 7) is 9.07. The van der Waals surface area contributed by atoms with Gasteiger partial charge in [0.15, 0.2) is 11.5 Å². The molecule has 0 saturated heterocycles. The Kier molecular flexibility index (Phi) is 7.06.